The lowest BCUT2D eigenvalue weighted by molar-refractivity contribution is 0.107. The van der Waals surface area contributed by atoms with Gasteiger partial charge in [-0.25, -0.2) is 9.97 Å². The topological polar surface area (TPSA) is 89.3 Å². The van der Waals surface area contributed by atoms with E-state index in [9.17, 15) is 0 Å². The second kappa shape index (κ2) is 7.22. The van der Waals surface area contributed by atoms with Gasteiger partial charge in [-0.3, -0.25) is 0 Å². The van der Waals surface area contributed by atoms with Crippen LogP contribution in [0.1, 0.15) is 23.1 Å². The van der Waals surface area contributed by atoms with Gasteiger partial charge in [0.25, 0.3) is 0 Å². The largest absolute Gasteiger partial charge is 0.480 e. The number of benzene rings is 1. The quantitative estimate of drug-likeness (QED) is 0.547. The molecule has 4 aromatic rings. The number of aryl methyl sites for hydroxylation is 2. The Kier molecular flexibility index (Phi) is 4.39. The van der Waals surface area contributed by atoms with Crippen LogP contribution in [0.2, 0.25) is 0 Å². The molecule has 1 aliphatic rings. The van der Waals surface area contributed by atoms with Crippen molar-refractivity contribution in [3.05, 3.63) is 65.7 Å². The summed E-state index contributed by atoms with van der Waals surface area (Å²) >= 11 is 0. The number of nitrogens with one attached hydrogen (secondary N) is 2. The number of aromatic nitrogens is 4. The first-order valence-corrected chi connectivity index (χ1v) is 9.72. The molecule has 0 amide bonds. The monoisotopic (exact) mass is 402 g/mol. The van der Waals surface area contributed by atoms with Crippen LogP contribution in [0.3, 0.4) is 0 Å². The lowest BCUT2D eigenvalue weighted by Gasteiger charge is -2.24. The van der Waals surface area contributed by atoms with E-state index in [2.05, 4.69) is 55.2 Å². The Bertz CT molecular complexity index is 1260. The number of H-pyrrole nitrogens is 1. The summed E-state index contributed by atoms with van der Waals surface area (Å²) in [6.07, 6.45) is 1.84. The van der Waals surface area contributed by atoms with Gasteiger partial charge >= 0.3 is 0 Å². The third-order valence-corrected chi connectivity index (χ3v) is 5.31. The van der Waals surface area contributed by atoms with E-state index in [0.29, 0.717) is 29.8 Å². The van der Waals surface area contributed by atoms with Crippen molar-refractivity contribution in [1.82, 2.24) is 24.8 Å². The van der Waals surface area contributed by atoms with E-state index < -0.39 is 0 Å². The molecule has 1 aromatic carbocycles. The Labute approximate surface area is 173 Å². The summed E-state index contributed by atoms with van der Waals surface area (Å²) in [6, 6.07) is 14.2. The molecule has 8 nitrogen and oxygen atoms in total. The first-order chi connectivity index (χ1) is 14.6. The van der Waals surface area contributed by atoms with Crippen LogP contribution < -0.4 is 10.1 Å². The van der Waals surface area contributed by atoms with Crippen LogP contribution in [-0.2, 0) is 11.9 Å². The van der Waals surface area contributed by atoms with E-state index in [1.54, 1.807) is 7.11 Å². The van der Waals surface area contributed by atoms with Crippen molar-refractivity contribution in [3.63, 3.8) is 0 Å². The highest BCUT2D eigenvalue weighted by Crippen LogP contribution is 2.28. The molecule has 4 heterocycles. The number of para-hydroxylation sites is 1. The number of methoxy groups -OCH3 is 1. The summed E-state index contributed by atoms with van der Waals surface area (Å²) in [5.41, 5.74) is 4.63. The molecule has 0 bridgehead atoms. The van der Waals surface area contributed by atoms with E-state index in [1.165, 1.54) is 10.9 Å². The van der Waals surface area contributed by atoms with E-state index in [0.717, 1.165) is 17.0 Å². The lowest BCUT2D eigenvalue weighted by Crippen LogP contribution is -2.37. The summed E-state index contributed by atoms with van der Waals surface area (Å²) in [6.45, 7) is 2.37. The zero-order chi connectivity index (χ0) is 20.7. The zero-order valence-corrected chi connectivity index (χ0v) is 17.0. The molecule has 1 aliphatic heterocycles. The van der Waals surface area contributed by atoms with Gasteiger partial charge in [-0.15, -0.1) is 0 Å². The fraction of sp³-hybridized carbons (Fsp3) is 0.227. The molecule has 0 saturated carbocycles. The SMILES string of the molecule is COc1nc(C2=NOCC(c3cc4ccccc4n3C)N2)ccc1-c1nc(C)c[nH]1. The number of hydrogen-bond donors (Lipinski definition) is 2. The number of aromatic amines is 1. The molecule has 0 aliphatic carbocycles. The number of fused-ring (bicyclic) bond motifs is 1. The summed E-state index contributed by atoms with van der Waals surface area (Å²) in [4.78, 5) is 17.8. The van der Waals surface area contributed by atoms with E-state index in [-0.39, 0.29) is 6.04 Å². The molecule has 8 heteroatoms. The first-order valence-electron chi connectivity index (χ1n) is 9.72. The molecular weight excluding hydrogens is 380 g/mol. The Hall–Kier alpha value is -3.81. The van der Waals surface area contributed by atoms with Crippen LogP contribution in [0.4, 0.5) is 0 Å². The van der Waals surface area contributed by atoms with Crippen molar-refractivity contribution >= 4 is 16.7 Å². The summed E-state index contributed by atoms with van der Waals surface area (Å²) < 4.78 is 7.69. The summed E-state index contributed by atoms with van der Waals surface area (Å²) in [5, 5.41) is 8.85. The van der Waals surface area contributed by atoms with Gasteiger partial charge in [-0.05, 0) is 36.6 Å². The number of pyridine rings is 1. The highest BCUT2D eigenvalue weighted by Gasteiger charge is 2.25. The van der Waals surface area contributed by atoms with E-state index in [4.69, 9.17) is 9.57 Å². The lowest BCUT2D eigenvalue weighted by atomic mass is 10.1. The molecule has 0 saturated heterocycles. The minimum absolute atomic E-state index is 0.0462. The minimum Gasteiger partial charge on any atom is -0.480 e. The molecule has 0 radical (unpaired) electrons. The minimum atomic E-state index is -0.0462. The molecular formula is C22H22N6O2. The van der Waals surface area contributed by atoms with E-state index >= 15 is 0 Å². The average molecular weight is 402 g/mol. The van der Waals surface area contributed by atoms with Gasteiger partial charge < -0.3 is 24.4 Å². The van der Waals surface area contributed by atoms with Crippen LogP contribution in [0.25, 0.3) is 22.3 Å². The standard InChI is InChI=1S/C22H22N6O2/c1-13-11-23-20(24-13)15-8-9-16(26-22(15)29-3)21-25-17(12-30-27-21)19-10-14-6-4-5-7-18(14)28(19)2/h4-11,17H,12H2,1-3H3,(H,23,24)(H,25,27). The fourth-order valence-electron chi connectivity index (χ4n) is 3.79. The summed E-state index contributed by atoms with van der Waals surface area (Å²) in [5.74, 6) is 1.75. The smallest absolute Gasteiger partial charge is 0.224 e. The first kappa shape index (κ1) is 18.2. The predicted octanol–water partition coefficient (Wildman–Crippen LogP) is 3.30. The van der Waals surface area contributed by atoms with Gasteiger partial charge in [-0.1, -0.05) is 23.4 Å². The Morgan fingerprint density at radius 2 is 2.03 bits per heavy atom. The maximum absolute atomic E-state index is 5.56. The Balaban J connectivity index is 1.46. The van der Waals surface area contributed by atoms with Gasteiger partial charge in [0, 0.05) is 24.5 Å². The molecule has 2 N–H and O–H groups in total. The predicted molar refractivity (Wildman–Crippen MR) is 114 cm³/mol. The van der Waals surface area contributed by atoms with Gasteiger partial charge in [0.1, 0.15) is 24.2 Å². The normalized spacial score (nSPS) is 16.1. The number of rotatable bonds is 4. The number of hydrogen-bond acceptors (Lipinski definition) is 6. The molecule has 1 unspecified atom stereocenters. The molecule has 0 spiro atoms. The molecule has 152 valence electrons. The maximum Gasteiger partial charge on any atom is 0.224 e. The molecule has 30 heavy (non-hydrogen) atoms. The average Bonchev–Trinajstić information content (AvgIpc) is 3.37. The van der Waals surface area contributed by atoms with Crippen molar-refractivity contribution in [2.75, 3.05) is 13.7 Å². The molecule has 3 aromatic heterocycles. The van der Waals surface area contributed by atoms with Crippen molar-refractivity contribution < 1.29 is 9.57 Å². The number of imidazole rings is 1. The van der Waals surface area contributed by atoms with Crippen molar-refractivity contribution in [2.45, 2.75) is 13.0 Å². The second-order valence-electron chi connectivity index (χ2n) is 7.26. The zero-order valence-electron chi connectivity index (χ0n) is 17.0. The highest BCUT2D eigenvalue weighted by atomic mass is 16.6. The molecule has 1 atom stereocenters. The van der Waals surface area contributed by atoms with Gasteiger partial charge in [0.05, 0.1) is 18.4 Å². The number of oxime groups is 1. The molecule has 0 fully saturated rings. The maximum atomic E-state index is 5.56. The van der Waals surface area contributed by atoms with Crippen molar-refractivity contribution in [1.29, 1.82) is 0 Å². The number of ether oxygens (including phenoxy) is 1. The van der Waals surface area contributed by atoms with Crippen molar-refractivity contribution in [2.24, 2.45) is 12.2 Å². The van der Waals surface area contributed by atoms with Crippen LogP contribution in [0, 0.1) is 6.92 Å². The Morgan fingerprint density at radius 1 is 1.17 bits per heavy atom. The Morgan fingerprint density at radius 3 is 2.80 bits per heavy atom. The van der Waals surface area contributed by atoms with Crippen molar-refractivity contribution in [3.8, 4) is 17.3 Å². The fourth-order valence-corrected chi connectivity index (χ4v) is 3.79. The van der Waals surface area contributed by atoms with Crippen LogP contribution in [0.15, 0.2) is 53.8 Å². The molecule has 5 rings (SSSR count). The number of nitrogens with zero attached hydrogens (tertiary/aromatic N) is 4. The van der Waals surface area contributed by atoms with Gasteiger partial charge in [0.15, 0.2) is 5.84 Å². The second-order valence-corrected chi connectivity index (χ2v) is 7.26. The third-order valence-electron chi connectivity index (χ3n) is 5.31. The van der Waals surface area contributed by atoms with Crippen LogP contribution >= 0.6 is 0 Å². The number of amidine groups is 1. The van der Waals surface area contributed by atoms with Crippen LogP contribution in [-0.4, -0.2) is 39.1 Å². The van der Waals surface area contributed by atoms with Gasteiger partial charge in [0.2, 0.25) is 5.88 Å². The highest BCUT2D eigenvalue weighted by molar-refractivity contribution is 5.97. The van der Waals surface area contributed by atoms with Gasteiger partial charge in [-0.2, -0.15) is 0 Å². The third kappa shape index (κ3) is 3.06. The van der Waals surface area contributed by atoms with Crippen LogP contribution in [0.5, 0.6) is 5.88 Å². The van der Waals surface area contributed by atoms with E-state index in [1.807, 2.05) is 37.4 Å². The summed E-state index contributed by atoms with van der Waals surface area (Å²) in [7, 11) is 3.66.